The molecule has 0 atom stereocenters. The number of sulfone groups is 1. The molecule has 68 valence electrons. The van der Waals surface area contributed by atoms with Crippen molar-refractivity contribution in [2.45, 2.75) is 12.1 Å². The van der Waals surface area contributed by atoms with E-state index in [1.165, 1.54) is 6.20 Å². The van der Waals surface area contributed by atoms with Crippen molar-refractivity contribution in [1.29, 1.82) is 0 Å². The van der Waals surface area contributed by atoms with Crippen molar-refractivity contribution in [2.75, 3.05) is 6.26 Å². The predicted molar refractivity (Wildman–Crippen MR) is 47.7 cm³/mol. The van der Waals surface area contributed by atoms with Crippen molar-refractivity contribution in [1.82, 2.24) is 9.97 Å². The number of hydrogen-bond acceptors (Lipinski definition) is 4. The van der Waals surface area contributed by atoms with Crippen LogP contribution in [0.1, 0.15) is 12.6 Å². The Morgan fingerprint density at radius 1 is 1.46 bits per heavy atom. The molecule has 0 saturated carbocycles. The van der Waals surface area contributed by atoms with Gasteiger partial charge in [-0.3, -0.25) is 0 Å². The molecule has 0 spiro atoms. The first kappa shape index (κ1) is 9.68. The molecule has 0 saturated heterocycles. The zero-order chi connectivity index (χ0) is 9.90. The third kappa shape index (κ3) is 2.53. The molecule has 0 bridgehead atoms. The van der Waals surface area contributed by atoms with Gasteiger partial charge in [-0.1, -0.05) is 5.92 Å². The molecule has 0 N–H and O–H groups in total. The molecular formula is C8H8N2O2S. The molecule has 0 aliphatic carbocycles. The Bertz CT molecular complexity index is 468. The van der Waals surface area contributed by atoms with Crippen LogP contribution >= 0.6 is 0 Å². The van der Waals surface area contributed by atoms with E-state index in [1.807, 2.05) is 0 Å². The molecule has 4 nitrogen and oxygen atoms in total. The highest BCUT2D eigenvalue weighted by atomic mass is 32.2. The zero-order valence-corrected chi connectivity index (χ0v) is 8.09. The maximum Gasteiger partial charge on any atom is 0.247 e. The molecule has 13 heavy (non-hydrogen) atoms. The van der Waals surface area contributed by atoms with Crippen LogP contribution in [0.5, 0.6) is 0 Å². The van der Waals surface area contributed by atoms with E-state index in [0.717, 1.165) is 6.26 Å². The first-order valence-corrected chi connectivity index (χ1v) is 5.39. The molecule has 0 amide bonds. The van der Waals surface area contributed by atoms with Crippen molar-refractivity contribution in [3.63, 3.8) is 0 Å². The van der Waals surface area contributed by atoms with Crippen LogP contribution in [0.3, 0.4) is 0 Å². The largest absolute Gasteiger partial charge is 0.247 e. The van der Waals surface area contributed by atoms with Gasteiger partial charge in [-0.2, -0.15) is 0 Å². The average molecular weight is 196 g/mol. The van der Waals surface area contributed by atoms with Crippen molar-refractivity contribution in [2.24, 2.45) is 0 Å². The molecule has 0 unspecified atom stereocenters. The third-order valence-corrected chi connectivity index (χ3v) is 2.08. The fourth-order valence-electron chi connectivity index (χ4n) is 0.717. The van der Waals surface area contributed by atoms with Crippen LogP contribution in [-0.4, -0.2) is 24.6 Å². The van der Waals surface area contributed by atoms with Gasteiger partial charge in [0.25, 0.3) is 0 Å². The second kappa shape index (κ2) is 3.54. The van der Waals surface area contributed by atoms with Gasteiger partial charge in [0, 0.05) is 12.5 Å². The molecule has 1 aromatic heterocycles. The fraction of sp³-hybridized carbons (Fsp3) is 0.250. The maximum absolute atomic E-state index is 11.0. The molecule has 1 aromatic rings. The molecule has 0 radical (unpaired) electrons. The summed E-state index contributed by atoms with van der Waals surface area (Å²) < 4.78 is 22.0. The van der Waals surface area contributed by atoms with Crippen LogP contribution in [0.25, 0.3) is 0 Å². The van der Waals surface area contributed by atoms with E-state index in [2.05, 4.69) is 21.8 Å². The first-order chi connectivity index (χ1) is 6.04. The fourth-order valence-corrected chi connectivity index (χ4v) is 1.23. The summed E-state index contributed by atoms with van der Waals surface area (Å²) in [6.45, 7) is 1.65. The summed E-state index contributed by atoms with van der Waals surface area (Å²) in [6, 6.07) is 1.56. The standard InChI is InChI=1S/C8H8N2O2S/c1-3-4-7-5-6-9-8(10-7)13(2,11)12/h5-6H,1-2H3. The van der Waals surface area contributed by atoms with Crippen LogP contribution in [0.2, 0.25) is 0 Å². The summed E-state index contributed by atoms with van der Waals surface area (Å²) in [5.41, 5.74) is 0.415. The van der Waals surface area contributed by atoms with E-state index < -0.39 is 9.84 Å². The molecule has 5 heteroatoms. The van der Waals surface area contributed by atoms with Gasteiger partial charge in [-0.15, -0.1) is 0 Å². The van der Waals surface area contributed by atoms with E-state index >= 15 is 0 Å². The minimum atomic E-state index is -3.33. The van der Waals surface area contributed by atoms with Crippen LogP contribution in [-0.2, 0) is 9.84 Å². The monoisotopic (exact) mass is 196 g/mol. The molecule has 0 aliphatic heterocycles. The highest BCUT2D eigenvalue weighted by Crippen LogP contribution is 2.00. The minimum Gasteiger partial charge on any atom is -0.227 e. The zero-order valence-electron chi connectivity index (χ0n) is 7.27. The SMILES string of the molecule is CC#Cc1ccnc(S(C)(=O)=O)n1. The Labute approximate surface area is 77.0 Å². The minimum absolute atomic E-state index is 0.187. The van der Waals surface area contributed by atoms with Gasteiger partial charge in [-0.05, 0) is 18.9 Å². The second-order valence-electron chi connectivity index (χ2n) is 2.37. The lowest BCUT2D eigenvalue weighted by Gasteiger charge is -1.95. The highest BCUT2D eigenvalue weighted by molar-refractivity contribution is 7.90. The Hall–Kier alpha value is -1.41. The van der Waals surface area contributed by atoms with Crippen LogP contribution in [0, 0.1) is 11.8 Å². The number of rotatable bonds is 1. The van der Waals surface area contributed by atoms with Gasteiger partial charge in [-0.25, -0.2) is 18.4 Å². The summed E-state index contributed by atoms with van der Waals surface area (Å²) in [5.74, 6) is 5.28. The summed E-state index contributed by atoms with van der Waals surface area (Å²) in [6.07, 6.45) is 2.44. The summed E-state index contributed by atoms with van der Waals surface area (Å²) in [7, 11) is -3.33. The normalized spacial score (nSPS) is 10.3. The van der Waals surface area contributed by atoms with E-state index in [4.69, 9.17) is 0 Å². The van der Waals surface area contributed by atoms with Crippen LogP contribution in [0.4, 0.5) is 0 Å². The lowest BCUT2D eigenvalue weighted by molar-refractivity contribution is 0.592. The van der Waals surface area contributed by atoms with E-state index in [-0.39, 0.29) is 5.16 Å². The molecule has 1 heterocycles. The van der Waals surface area contributed by atoms with Gasteiger partial charge in [0.05, 0.1) is 0 Å². The Balaban J connectivity index is 3.26. The molecule has 1 rings (SSSR count). The summed E-state index contributed by atoms with van der Waals surface area (Å²) in [4.78, 5) is 7.39. The molecular weight excluding hydrogens is 188 g/mol. The summed E-state index contributed by atoms with van der Waals surface area (Å²) in [5, 5.41) is -0.187. The smallest absolute Gasteiger partial charge is 0.227 e. The van der Waals surface area contributed by atoms with Crippen molar-refractivity contribution < 1.29 is 8.42 Å². The Kier molecular flexibility index (Phi) is 2.63. The van der Waals surface area contributed by atoms with Crippen LogP contribution in [0.15, 0.2) is 17.4 Å². The topological polar surface area (TPSA) is 59.9 Å². The average Bonchev–Trinajstić information content (AvgIpc) is 2.04. The van der Waals surface area contributed by atoms with E-state index in [9.17, 15) is 8.42 Å². The third-order valence-electron chi connectivity index (χ3n) is 1.22. The predicted octanol–water partition coefficient (Wildman–Crippen LogP) is 0.252. The van der Waals surface area contributed by atoms with Gasteiger partial charge in [0.2, 0.25) is 15.0 Å². The van der Waals surface area contributed by atoms with Gasteiger partial charge in [0.1, 0.15) is 5.69 Å². The second-order valence-corrected chi connectivity index (χ2v) is 4.28. The lowest BCUT2D eigenvalue weighted by atomic mass is 10.4. The van der Waals surface area contributed by atoms with E-state index in [1.54, 1.807) is 13.0 Å². The molecule has 0 aliphatic rings. The number of hydrogen-bond donors (Lipinski definition) is 0. The molecule has 0 aromatic carbocycles. The van der Waals surface area contributed by atoms with Gasteiger partial charge < -0.3 is 0 Å². The lowest BCUT2D eigenvalue weighted by Crippen LogP contribution is -2.04. The molecule has 0 fully saturated rings. The Morgan fingerprint density at radius 2 is 2.15 bits per heavy atom. The van der Waals surface area contributed by atoms with Crippen LogP contribution < -0.4 is 0 Å². The van der Waals surface area contributed by atoms with Crippen molar-refractivity contribution in [3.05, 3.63) is 18.0 Å². The van der Waals surface area contributed by atoms with E-state index in [0.29, 0.717) is 5.69 Å². The highest BCUT2D eigenvalue weighted by Gasteiger charge is 2.09. The van der Waals surface area contributed by atoms with Crippen molar-refractivity contribution >= 4 is 9.84 Å². The maximum atomic E-state index is 11.0. The first-order valence-electron chi connectivity index (χ1n) is 3.50. The quantitative estimate of drug-likeness (QED) is 0.477. The van der Waals surface area contributed by atoms with Crippen molar-refractivity contribution in [3.8, 4) is 11.8 Å². The van der Waals surface area contributed by atoms with Gasteiger partial charge in [0.15, 0.2) is 0 Å². The Morgan fingerprint density at radius 3 is 2.69 bits per heavy atom. The summed E-state index contributed by atoms with van der Waals surface area (Å²) >= 11 is 0. The van der Waals surface area contributed by atoms with Gasteiger partial charge >= 0.3 is 0 Å². The number of aromatic nitrogens is 2. The number of nitrogens with zero attached hydrogens (tertiary/aromatic N) is 2.